The predicted octanol–water partition coefficient (Wildman–Crippen LogP) is 3.94. The number of pyridine rings is 1. The fourth-order valence-corrected chi connectivity index (χ4v) is 3.31. The maximum absolute atomic E-state index is 13.7. The molecule has 1 saturated heterocycles. The van der Waals surface area contributed by atoms with Gasteiger partial charge in [-0.2, -0.15) is 18.4 Å². The molecule has 29 heavy (non-hydrogen) atoms. The van der Waals surface area contributed by atoms with E-state index in [-0.39, 0.29) is 35.2 Å². The van der Waals surface area contributed by atoms with Crippen molar-refractivity contribution in [1.82, 2.24) is 14.5 Å². The van der Waals surface area contributed by atoms with Crippen LogP contribution in [0.25, 0.3) is 22.3 Å². The summed E-state index contributed by atoms with van der Waals surface area (Å²) >= 11 is 0. The van der Waals surface area contributed by atoms with E-state index in [1.54, 1.807) is 17.7 Å². The lowest BCUT2D eigenvalue weighted by Crippen LogP contribution is -2.15. The molecule has 1 fully saturated rings. The van der Waals surface area contributed by atoms with Crippen molar-refractivity contribution in [1.29, 1.82) is 5.26 Å². The zero-order chi connectivity index (χ0) is 20.6. The molecular formula is C20H17F3N4O2. The smallest absolute Gasteiger partial charge is 0.419 e. The first-order chi connectivity index (χ1) is 13.9. The SMILES string of the molecule is Cn1cnc2c(C#N)nc(-c3ccc(OCC4CCOC4)c(C(F)(F)F)c3)cc21. The Hall–Kier alpha value is -3.12. The molecule has 0 bridgehead atoms. The minimum absolute atomic E-state index is 0.0632. The van der Waals surface area contributed by atoms with Crippen LogP contribution in [0.3, 0.4) is 0 Å². The standard InChI is InChI=1S/C20H17F3N4O2/c1-27-11-25-19-16(8-24)26-15(7-17(19)27)13-2-3-18(14(6-13)20(21,22)23)29-10-12-4-5-28-9-12/h2-3,6-7,11-12H,4-5,9-10H2,1H3. The molecule has 0 spiro atoms. The van der Waals surface area contributed by atoms with E-state index < -0.39 is 11.7 Å². The molecule has 150 valence electrons. The highest BCUT2D eigenvalue weighted by Crippen LogP contribution is 2.39. The van der Waals surface area contributed by atoms with Gasteiger partial charge in [0.15, 0.2) is 5.69 Å². The zero-order valence-electron chi connectivity index (χ0n) is 15.5. The van der Waals surface area contributed by atoms with Crippen molar-refractivity contribution in [3.63, 3.8) is 0 Å². The molecule has 1 unspecified atom stereocenters. The van der Waals surface area contributed by atoms with Gasteiger partial charge < -0.3 is 14.0 Å². The van der Waals surface area contributed by atoms with Crippen LogP contribution in [-0.2, 0) is 18.0 Å². The van der Waals surface area contributed by atoms with E-state index in [2.05, 4.69) is 9.97 Å². The third kappa shape index (κ3) is 3.76. The van der Waals surface area contributed by atoms with Gasteiger partial charge in [0.25, 0.3) is 0 Å². The number of fused-ring (bicyclic) bond motifs is 1. The van der Waals surface area contributed by atoms with Crippen LogP contribution in [0, 0.1) is 17.2 Å². The third-order valence-corrected chi connectivity index (χ3v) is 4.90. The Labute approximate surface area is 164 Å². The molecule has 1 aliphatic rings. The Bertz CT molecular complexity index is 1100. The fraction of sp³-hybridized carbons (Fsp3) is 0.350. The van der Waals surface area contributed by atoms with Gasteiger partial charge in [-0.15, -0.1) is 0 Å². The molecule has 2 aromatic heterocycles. The molecule has 1 aliphatic heterocycles. The van der Waals surface area contributed by atoms with Crippen LogP contribution in [-0.4, -0.2) is 34.4 Å². The molecule has 9 heteroatoms. The Morgan fingerprint density at radius 3 is 2.86 bits per heavy atom. The number of aryl methyl sites for hydroxylation is 1. The summed E-state index contributed by atoms with van der Waals surface area (Å²) in [6, 6.07) is 7.40. The second-order valence-corrected chi connectivity index (χ2v) is 6.94. The van der Waals surface area contributed by atoms with E-state index in [0.717, 1.165) is 12.5 Å². The lowest BCUT2D eigenvalue weighted by atomic mass is 10.0. The Kier molecular flexibility index (Phi) is 4.88. The average Bonchev–Trinajstić information content (AvgIpc) is 3.35. The summed E-state index contributed by atoms with van der Waals surface area (Å²) < 4.78 is 53.4. The summed E-state index contributed by atoms with van der Waals surface area (Å²) in [6.45, 7) is 1.26. The molecular weight excluding hydrogens is 385 g/mol. The molecule has 1 aromatic carbocycles. The molecule has 4 rings (SSSR count). The number of hydrogen-bond acceptors (Lipinski definition) is 5. The first-order valence-corrected chi connectivity index (χ1v) is 9.01. The number of imidazole rings is 1. The minimum Gasteiger partial charge on any atom is -0.493 e. The molecule has 0 radical (unpaired) electrons. The van der Waals surface area contributed by atoms with Gasteiger partial charge in [-0.05, 0) is 30.7 Å². The maximum Gasteiger partial charge on any atom is 0.419 e. The maximum atomic E-state index is 13.7. The van der Waals surface area contributed by atoms with Crippen molar-refractivity contribution in [2.75, 3.05) is 19.8 Å². The van der Waals surface area contributed by atoms with E-state index >= 15 is 0 Å². The van der Waals surface area contributed by atoms with Gasteiger partial charge in [0.05, 0.1) is 36.3 Å². The highest BCUT2D eigenvalue weighted by molar-refractivity contribution is 5.84. The topological polar surface area (TPSA) is 73.0 Å². The number of nitriles is 1. The number of rotatable bonds is 4. The lowest BCUT2D eigenvalue weighted by molar-refractivity contribution is -0.139. The van der Waals surface area contributed by atoms with Crippen molar-refractivity contribution < 1.29 is 22.6 Å². The van der Waals surface area contributed by atoms with Crippen molar-refractivity contribution in [2.45, 2.75) is 12.6 Å². The zero-order valence-corrected chi connectivity index (χ0v) is 15.5. The van der Waals surface area contributed by atoms with Crippen LogP contribution in [0.15, 0.2) is 30.6 Å². The van der Waals surface area contributed by atoms with E-state index in [1.165, 1.54) is 18.5 Å². The Balaban J connectivity index is 1.74. The largest absolute Gasteiger partial charge is 0.493 e. The van der Waals surface area contributed by atoms with E-state index in [9.17, 15) is 18.4 Å². The van der Waals surface area contributed by atoms with Gasteiger partial charge in [-0.25, -0.2) is 9.97 Å². The summed E-state index contributed by atoms with van der Waals surface area (Å²) in [5.74, 6) is -0.141. The van der Waals surface area contributed by atoms with Gasteiger partial charge >= 0.3 is 6.18 Å². The van der Waals surface area contributed by atoms with Crippen LogP contribution in [0.2, 0.25) is 0 Å². The second kappa shape index (κ2) is 7.37. The summed E-state index contributed by atoms with van der Waals surface area (Å²) in [4.78, 5) is 8.33. The summed E-state index contributed by atoms with van der Waals surface area (Å²) in [7, 11) is 1.74. The van der Waals surface area contributed by atoms with Gasteiger partial charge in [0.2, 0.25) is 0 Å². The molecule has 0 N–H and O–H groups in total. The van der Waals surface area contributed by atoms with Crippen molar-refractivity contribution in [3.05, 3.63) is 41.9 Å². The highest BCUT2D eigenvalue weighted by atomic mass is 19.4. The summed E-state index contributed by atoms with van der Waals surface area (Å²) in [5.41, 5.74) is 0.718. The lowest BCUT2D eigenvalue weighted by Gasteiger charge is -2.17. The second-order valence-electron chi connectivity index (χ2n) is 6.94. The monoisotopic (exact) mass is 402 g/mol. The first-order valence-electron chi connectivity index (χ1n) is 9.01. The van der Waals surface area contributed by atoms with E-state index in [0.29, 0.717) is 24.2 Å². The number of nitrogens with zero attached hydrogens (tertiary/aromatic N) is 4. The highest BCUT2D eigenvalue weighted by Gasteiger charge is 2.35. The van der Waals surface area contributed by atoms with Crippen LogP contribution in [0.1, 0.15) is 17.7 Å². The number of halogens is 3. The van der Waals surface area contributed by atoms with Gasteiger partial charge in [-0.3, -0.25) is 0 Å². The molecule has 3 heterocycles. The Morgan fingerprint density at radius 1 is 1.34 bits per heavy atom. The van der Waals surface area contributed by atoms with Crippen molar-refractivity contribution in [2.24, 2.45) is 13.0 Å². The first kappa shape index (κ1) is 19.2. The minimum atomic E-state index is -4.59. The average molecular weight is 402 g/mol. The number of benzene rings is 1. The molecule has 6 nitrogen and oxygen atoms in total. The molecule has 0 aliphatic carbocycles. The fourth-order valence-electron chi connectivity index (χ4n) is 3.31. The quantitative estimate of drug-likeness (QED) is 0.661. The van der Waals surface area contributed by atoms with Gasteiger partial charge in [0, 0.05) is 25.1 Å². The van der Waals surface area contributed by atoms with Crippen LogP contribution in [0.4, 0.5) is 13.2 Å². The van der Waals surface area contributed by atoms with Gasteiger partial charge in [0.1, 0.15) is 17.3 Å². The van der Waals surface area contributed by atoms with Crippen molar-refractivity contribution in [3.8, 4) is 23.1 Å². The van der Waals surface area contributed by atoms with E-state index in [4.69, 9.17) is 9.47 Å². The van der Waals surface area contributed by atoms with Gasteiger partial charge in [-0.1, -0.05) is 0 Å². The summed E-state index contributed by atoms with van der Waals surface area (Å²) in [5, 5.41) is 9.35. The van der Waals surface area contributed by atoms with E-state index in [1.807, 2.05) is 6.07 Å². The van der Waals surface area contributed by atoms with Crippen LogP contribution < -0.4 is 4.74 Å². The number of alkyl halides is 3. The predicted molar refractivity (Wildman–Crippen MR) is 98.1 cm³/mol. The molecule has 0 amide bonds. The normalized spacial score (nSPS) is 16.9. The number of ether oxygens (including phenoxy) is 2. The third-order valence-electron chi connectivity index (χ3n) is 4.90. The van der Waals surface area contributed by atoms with Crippen LogP contribution in [0.5, 0.6) is 5.75 Å². The van der Waals surface area contributed by atoms with Crippen LogP contribution >= 0.6 is 0 Å². The molecule has 1 atom stereocenters. The molecule has 3 aromatic rings. The molecule has 0 saturated carbocycles. The number of aromatic nitrogens is 3. The Morgan fingerprint density at radius 2 is 2.17 bits per heavy atom. The van der Waals surface area contributed by atoms with Crippen molar-refractivity contribution >= 4 is 11.0 Å². The number of hydrogen-bond donors (Lipinski definition) is 0. The summed E-state index contributed by atoms with van der Waals surface area (Å²) in [6.07, 6.45) is -2.29.